The van der Waals surface area contributed by atoms with Crippen molar-refractivity contribution < 1.29 is 9.72 Å². The summed E-state index contributed by atoms with van der Waals surface area (Å²) in [5.74, 6) is 0.206. The molecule has 3 aliphatic heterocycles. The Hall–Kier alpha value is -1.39. The van der Waals surface area contributed by atoms with Gasteiger partial charge in [0.25, 0.3) is 11.6 Å². The molecule has 148 valence electrons. The Morgan fingerprint density at radius 3 is 2.57 bits per heavy atom. The molecule has 0 spiro atoms. The van der Waals surface area contributed by atoms with Crippen molar-refractivity contribution in [2.24, 2.45) is 5.92 Å². The molecule has 2 aromatic heterocycles. The largest absolute Gasteiger partial charge is 0.347 e. The van der Waals surface area contributed by atoms with Gasteiger partial charge in [0, 0.05) is 31.0 Å². The molecule has 1 amide bonds. The van der Waals surface area contributed by atoms with Crippen LogP contribution in [-0.4, -0.2) is 46.4 Å². The summed E-state index contributed by atoms with van der Waals surface area (Å²) in [6, 6.07) is 1.42. The van der Waals surface area contributed by atoms with E-state index < -0.39 is 4.92 Å². The van der Waals surface area contributed by atoms with E-state index in [0.717, 1.165) is 55.6 Å². The monoisotopic (exact) mass is 458 g/mol. The number of nitrogens with one attached hydrogen (secondary N) is 1. The average molecular weight is 459 g/mol. The molecule has 3 saturated heterocycles. The third-order valence-corrected chi connectivity index (χ3v) is 8.33. The number of fused-ring (bicyclic) bond motifs is 3. The molecule has 5 heterocycles. The quantitative estimate of drug-likeness (QED) is 0.529. The SMILES string of the molecule is O=C(NC1CN2CCC1CC2)c1cc([N+](=O)[O-])c(Sc2c(Cl)cncc2Cl)s1. The minimum absolute atomic E-state index is 0.0938. The molecule has 0 aromatic carbocycles. The summed E-state index contributed by atoms with van der Waals surface area (Å²) in [6.07, 6.45) is 5.01. The fourth-order valence-corrected chi connectivity index (χ4v) is 6.40. The van der Waals surface area contributed by atoms with E-state index in [0.29, 0.717) is 29.9 Å². The van der Waals surface area contributed by atoms with E-state index in [1.807, 2.05) is 0 Å². The normalized spacial score (nSPS) is 23.6. The second kappa shape index (κ2) is 8.16. The molecular formula is C17H16Cl2N4O3S2. The van der Waals surface area contributed by atoms with Crippen LogP contribution in [0.3, 0.4) is 0 Å². The summed E-state index contributed by atoms with van der Waals surface area (Å²) in [7, 11) is 0. The second-order valence-corrected chi connectivity index (χ2v) is 9.94. The Labute approximate surface area is 179 Å². The zero-order valence-electron chi connectivity index (χ0n) is 14.6. The van der Waals surface area contributed by atoms with Gasteiger partial charge in [0.2, 0.25) is 0 Å². The van der Waals surface area contributed by atoms with Gasteiger partial charge < -0.3 is 10.2 Å². The number of carbonyl (C=O) groups excluding carboxylic acids is 1. The highest BCUT2D eigenvalue weighted by Gasteiger charge is 2.35. The summed E-state index contributed by atoms with van der Waals surface area (Å²) >= 11 is 14.4. The number of hydrogen-bond acceptors (Lipinski definition) is 7. The van der Waals surface area contributed by atoms with Gasteiger partial charge in [-0.15, -0.1) is 11.3 Å². The number of pyridine rings is 1. The number of halogens is 2. The van der Waals surface area contributed by atoms with Crippen LogP contribution >= 0.6 is 46.3 Å². The van der Waals surface area contributed by atoms with Crippen LogP contribution in [0.2, 0.25) is 10.0 Å². The predicted octanol–water partition coefficient (Wildman–Crippen LogP) is 4.33. The van der Waals surface area contributed by atoms with Crippen LogP contribution in [0, 0.1) is 16.0 Å². The first-order valence-corrected chi connectivity index (χ1v) is 11.1. The van der Waals surface area contributed by atoms with Crippen LogP contribution in [0.1, 0.15) is 22.5 Å². The van der Waals surface area contributed by atoms with Crippen molar-refractivity contribution in [1.82, 2.24) is 15.2 Å². The average Bonchev–Trinajstić information content (AvgIpc) is 3.10. The van der Waals surface area contributed by atoms with Crippen molar-refractivity contribution in [3.63, 3.8) is 0 Å². The Morgan fingerprint density at radius 2 is 2.00 bits per heavy atom. The molecule has 3 aliphatic rings. The summed E-state index contributed by atoms with van der Waals surface area (Å²) in [5, 5.41) is 15.2. The van der Waals surface area contributed by atoms with Crippen molar-refractivity contribution in [3.8, 4) is 0 Å². The van der Waals surface area contributed by atoms with E-state index in [4.69, 9.17) is 23.2 Å². The highest BCUT2D eigenvalue weighted by molar-refractivity contribution is 8.01. The van der Waals surface area contributed by atoms with E-state index in [1.54, 1.807) is 0 Å². The topological polar surface area (TPSA) is 88.4 Å². The minimum Gasteiger partial charge on any atom is -0.347 e. The number of piperidine rings is 3. The van der Waals surface area contributed by atoms with Crippen molar-refractivity contribution in [2.75, 3.05) is 19.6 Å². The number of hydrogen-bond donors (Lipinski definition) is 1. The van der Waals surface area contributed by atoms with E-state index >= 15 is 0 Å². The molecule has 2 aromatic rings. The van der Waals surface area contributed by atoms with Gasteiger partial charge >= 0.3 is 0 Å². The molecule has 28 heavy (non-hydrogen) atoms. The van der Waals surface area contributed by atoms with Gasteiger partial charge in [-0.2, -0.15) is 0 Å². The van der Waals surface area contributed by atoms with E-state index in [9.17, 15) is 14.9 Å². The number of thiophene rings is 1. The lowest BCUT2D eigenvalue weighted by Crippen LogP contribution is -2.57. The summed E-state index contributed by atoms with van der Waals surface area (Å²) < 4.78 is 0.360. The molecule has 0 radical (unpaired) electrons. The lowest BCUT2D eigenvalue weighted by Gasteiger charge is -2.44. The Balaban J connectivity index is 1.56. The highest BCUT2D eigenvalue weighted by atomic mass is 35.5. The summed E-state index contributed by atoms with van der Waals surface area (Å²) in [4.78, 5) is 30.8. The van der Waals surface area contributed by atoms with E-state index in [2.05, 4.69) is 15.2 Å². The maximum atomic E-state index is 12.8. The van der Waals surface area contributed by atoms with E-state index in [-0.39, 0.29) is 17.6 Å². The molecule has 2 bridgehead atoms. The molecule has 11 heteroatoms. The van der Waals surface area contributed by atoms with Gasteiger partial charge in [0.05, 0.1) is 19.9 Å². The molecule has 1 N–H and O–H groups in total. The Bertz CT molecular complexity index is 911. The van der Waals surface area contributed by atoms with Crippen LogP contribution in [0.5, 0.6) is 0 Å². The zero-order chi connectivity index (χ0) is 19.8. The smallest absolute Gasteiger partial charge is 0.294 e. The number of nitro groups is 1. The van der Waals surface area contributed by atoms with Gasteiger partial charge in [-0.3, -0.25) is 19.9 Å². The van der Waals surface area contributed by atoms with Crippen molar-refractivity contribution in [1.29, 1.82) is 0 Å². The number of carbonyl (C=O) groups is 1. The second-order valence-electron chi connectivity index (χ2n) is 6.79. The number of nitrogens with zero attached hydrogens (tertiary/aromatic N) is 3. The fraction of sp³-hybridized carbons (Fsp3) is 0.412. The lowest BCUT2D eigenvalue weighted by molar-refractivity contribution is -0.387. The van der Waals surface area contributed by atoms with Crippen LogP contribution in [0.15, 0.2) is 27.6 Å². The Kier molecular flexibility index (Phi) is 5.80. The van der Waals surface area contributed by atoms with E-state index in [1.165, 1.54) is 18.5 Å². The first-order chi connectivity index (χ1) is 13.4. The minimum atomic E-state index is -0.493. The van der Waals surface area contributed by atoms with Crippen LogP contribution in [-0.2, 0) is 0 Å². The molecule has 5 rings (SSSR count). The van der Waals surface area contributed by atoms with Crippen LogP contribution in [0.4, 0.5) is 5.69 Å². The van der Waals surface area contributed by atoms with Crippen molar-refractivity contribution in [3.05, 3.63) is 43.5 Å². The molecule has 0 saturated carbocycles. The lowest BCUT2D eigenvalue weighted by atomic mass is 9.84. The van der Waals surface area contributed by atoms with Crippen LogP contribution < -0.4 is 5.32 Å². The van der Waals surface area contributed by atoms with Crippen molar-refractivity contribution in [2.45, 2.75) is 28.0 Å². The van der Waals surface area contributed by atoms with Gasteiger partial charge in [0.15, 0.2) is 0 Å². The highest BCUT2D eigenvalue weighted by Crippen LogP contribution is 2.45. The van der Waals surface area contributed by atoms with Gasteiger partial charge in [-0.05, 0) is 31.8 Å². The first-order valence-electron chi connectivity index (χ1n) is 8.70. The molecule has 3 fully saturated rings. The summed E-state index contributed by atoms with van der Waals surface area (Å²) in [6.45, 7) is 3.00. The van der Waals surface area contributed by atoms with Crippen LogP contribution in [0.25, 0.3) is 0 Å². The maximum absolute atomic E-state index is 12.8. The first kappa shape index (κ1) is 19.9. The van der Waals surface area contributed by atoms with Gasteiger partial charge in [0.1, 0.15) is 9.09 Å². The number of aromatic nitrogens is 1. The summed E-state index contributed by atoms with van der Waals surface area (Å²) in [5.41, 5.74) is -0.127. The third kappa shape index (κ3) is 3.99. The zero-order valence-corrected chi connectivity index (χ0v) is 17.7. The maximum Gasteiger partial charge on any atom is 0.294 e. The van der Waals surface area contributed by atoms with Crippen molar-refractivity contribution >= 4 is 57.9 Å². The standard InChI is InChI=1S/C17H16Cl2N4O3S2/c18-10-6-20-7-11(19)15(10)28-17-13(23(25)26)5-14(27-17)16(24)21-12-8-22-3-1-9(12)2-4-22/h5-7,9,12H,1-4,8H2,(H,21,24). The molecule has 1 unspecified atom stereocenters. The van der Waals surface area contributed by atoms with Gasteiger partial charge in [-0.25, -0.2) is 0 Å². The number of rotatable bonds is 5. The fourth-order valence-electron chi connectivity index (χ4n) is 3.63. The van der Waals surface area contributed by atoms with Gasteiger partial charge in [-0.1, -0.05) is 35.0 Å². The number of amides is 1. The molecular weight excluding hydrogens is 443 g/mol. The molecule has 0 aliphatic carbocycles. The molecule has 1 atom stereocenters. The Morgan fingerprint density at radius 1 is 1.32 bits per heavy atom. The third-order valence-electron chi connectivity index (χ3n) is 5.08. The predicted molar refractivity (Wildman–Crippen MR) is 110 cm³/mol. The molecule has 7 nitrogen and oxygen atoms in total.